The molecule has 0 aliphatic carbocycles. The van der Waals surface area contributed by atoms with Crippen molar-refractivity contribution < 1.29 is 4.74 Å². The minimum atomic E-state index is -0.0176. The van der Waals surface area contributed by atoms with Gasteiger partial charge in [0.25, 0.3) is 5.56 Å². The molecular formula is C16H21N3O2. The van der Waals surface area contributed by atoms with Crippen molar-refractivity contribution in [2.75, 3.05) is 13.2 Å². The molecule has 0 saturated carbocycles. The molecule has 112 valence electrons. The molecule has 1 N–H and O–H groups in total. The average Bonchev–Trinajstić information content (AvgIpc) is 2.49. The summed E-state index contributed by atoms with van der Waals surface area (Å²) in [7, 11) is 0. The molecule has 5 nitrogen and oxygen atoms in total. The molecule has 0 aliphatic rings. The van der Waals surface area contributed by atoms with E-state index in [4.69, 9.17) is 4.74 Å². The summed E-state index contributed by atoms with van der Waals surface area (Å²) in [6, 6.07) is 8.98. The molecule has 21 heavy (non-hydrogen) atoms. The van der Waals surface area contributed by atoms with Gasteiger partial charge in [-0.15, -0.1) is 0 Å². The molecule has 0 saturated heterocycles. The molecule has 0 unspecified atom stereocenters. The Bertz CT molecular complexity index is 637. The summed E-state index contributed by atoms with van der Waals surface area (Å²) in [5.74, 6) is 0.769. The Morgan fingerprint density at radius 1 is 1.29 bits per heavy atom. The number of aryl methyl sites for hydroxylation is 1. The fraction of sp³-hybridized carbons (Fsp3) is 0.375. The van der Waals surface area contributed by atoms with Gasteiger partial charge in [0.05, 0.1) is 12.2 Å². The molecule has 2 aromatic heterocycles. The molecule has 2 heterocycles. The van der Waals surface area contributed by atoms with E-state index in [-0.39, 0.29) is 5.56 Å². The highest BCUT2D eigenvalue weighted by Gasteiger charge is 2.05. The molecule has 0 atom stereocenters. The zero-order chi connectivity index (χ0) is 15.1. The first-order valence-corrected chi connectivity index (χ1v) is 7.16. The van der Waals surface area contributed by atoms with Crippen LogP contribution in [0.25, 0.3) is 0 Å². The van der Waals surface area contributed by atoms with Gasteiger partial charge in [-0.25, -0.2) is 0 Å². The van der Waals surface area contributed by atoms with Gasteiger partial charge >= 0.3 is 0 Å². The van der Waals surface area contributed by atoms with Gasteiger partial charge in [0.1, 0.15) is 12.4 Å². The maximum absolute atomic E-state index is 11.6. The zero-order valence-electron chi connectivity index (χ0n) is 12.5. The number of hydrogen-bond donors (Lipinski definition) is 1. The highest BCUT2D eigenvalue weighted by atomic mass is 16.5. The summed E-state index contributed by atoms with van der Waals surface area (Å²) in [6.45, 7) is 6.54. The quantitative estimate of drug-likeness (QED) is 0.843. The largest absolute Gasteiger partial charge is 0.490 e. The van der Waals surface area contributed by atoms with Crippen LogP contribution in [0.5, 0.6) is 5.75 Å². The second kappa shape index (κ2) is 7.59. The van der Waals surface area contributed by atoms with E-state index in [1.54, 1.807) is 22.9 Å². The first kappa shape index (κ1) is 15.3. The lowest BCUT2D eigenvalue weighted by Gasteiger charge is -2.12. The van der Waals surface area contributed by atoms with Crippen molar-refractivity contribution >= 4 is 0 Å². The Morgan fingerprint density at radius 2 is 2.14 bits per heavy atom. The number of ether oxygens (including phenoxy) is 1. The average molecular weight is 287 g/mol. The summed E-state index contributed by atoms with van der Waals surface area (Å²) in [5.41, 5.74) is 1.85. The van der Waals surface area contributed by atoms with Crippen LogP contribution in [0, 0.1) is 6.92 Å². The molecule has 0 fully saturated rings. The highest BCUT2D eigenvalue weighted by molar-refractivity contribution is 5.29. The normalized spacial score (nSPS) is 10.6. The Kier molecular flexibility index (Phi) is 5.51. The molecule has 0 amide bonds. The molecule has 0 aliphatic heterocycles. The summed E-state index contributed by atoms with van der Waals surface area (Å²) in [4.78, 5) is 16.1. The topological polar surface area (TPSA) is 56.2 Å². The van der Waals surface area contributed by atoms with E-state index in [1.165, 1.54) is 0 Å². The first-order valence-electron chi connectivity index (χ1n) is 7.16. The Morgan fingerprint density at radius 3 is 2.90 bits per heavy atom. The lowest BCUT2D eigenvalue weighted by molar-refractivity contribution is 0.291. The van der Waals surface area contributed by atoms with Gasteiger partial charge in [0.15, 0.2) is 0 Å². The Labute approximate surface area is 124 Å². The van der Waals surface area contributed by atoms with Gasteiger partial charge in [-0.3, -0.25) is 9.78 Å². The third-order valence-corrected chi connectivity index (χ3v) is 3.10. The first-order chi connectivity index (χ1) is 10.2. The van der Waals surface area contributed by atoms with Gasteiger partial charge < -0.3 is 14.6 Å². The van der Waals surface area contributed by atoms with Crippen LogP contribution in [0.4, 0.5) is 0 Å². The fourth-order valence-corrected chi connectivity index (χ4v) is 2.00. The van der Waals surface area contributed by atoms with E-state index < -0.39 is 0 Å². The van der Waals surface area contributed by atoms with Crippen LogP contribution in [0.3, 0.4) is 0 Å². The van der Waals surface area contributed by atoms with Crippen LogP contribution in [0.15, 0.2) is 41.3 Å². The second-order valence-electron chi connectivity index (χ2n) is 4.76. The number of aromatic nitrogens is 2. The lowest BCUT2D eigenvalue weighted by atomic mass is 10.3. The predicted octanol–water partition coefficient (Wildman–Crippen LogP) is 1.74. The molecule has 0 bridgehead atoms. The Balaban J connectivity index is 1.99. The Hall–Kier alpha value is -2.14. The van der Waals surface area contributed by atoms with Crippen LogP contribution in [0.1, 0.15) is 18.3 Å². The van der Waals surface area contributed by atoms with E-state index in [0.29, 0.717) is 19.7 Å². The molecule has 2 aromatic rings. The maximum Gasteiger partial charge on any atom is 0.250 e. The lowest BCUT2D eigenvalue weighted by Crippen LogP contribution is -2.21. The number of nitrogens with zero attached hydrogens (tertiary/aromatic N) is 2. The third-order valence-electron chi connectivity index (χ3n) is 3.10. The standard InChI is InChI=1S/C16H21N3O2/c1-3-17-12-14-15(8-7-13(2)18-14)21-11-10-19-9-5-4-6-16(19)20/h4-9,17H,3,10-12H2,1-2H3. The van der Waals surface area contributed by atoms with Crippen LogP contribution >= 0.6 is 0 Å². The smallest absolute Gasteiger partial charge is 0.250 e. The predicted molar refractivity (Wildman–Crippen MR) is 82.6 cm³/mol. The molecule has 0 aromatic carbocycles. The van der Waals surface area contributed by atoms with Crippen LogP contribution in [-0.4, -0.2) is 22.7 Å². The van der Waals surface area contributed by atoms with Gasteiger partial charge in [0.2, 0.25) is 0 Å². The molecule has 5 heteroatoms. The van der Waals surface area contributed by atoms with Gasteiger partial charge in [-0.05, 0) is 31.7 Å². The molecule has 0 spiro atoms. The number of pyridine rings is 2. The van der Waals surface area contributed by atoms with E-state index in [0.717, 1.165) is 23.7 Å². The van der Waals surface area contributed by atoms with Gasteiger partial charge in [-0.1, -0.05) is 13.0 Å². The maximum atomic E-state index is 11.6. The minimum absolute atomic E-state index is 0.0176. The summed E-state index contributed by atoms with van der Waals surface area (Å²) in [5, 5.41) is 3.25. The van der Waals surface area contributed by atoms with Crippen molar-refractivity contribution in [2.45, 2.75) is 26.9 Å². The van der Waals surface area contributed by atoms with Crippen LogP contribution in [-0.2, 0) is 13.1 Å². The molecule has 0 radical (unpaired) electrons. The second-order valence-corrected chi connectivity index (χ2v) is 4.76. The fourth-order valence-electron chi connectivity index (χ4n) is 2.00. The zero-order valence-corrected chi connectivity index (χ0v) is 12.5. The molecule has 2 rings (SSSR count). The van der Waals surface area contributed by atoms with Crippen molar-refractivity contribution in [3.8, 4) is 5.75 Å². The summed E-state index contributed by atoms with van der Waals surface area (Å²) < 4.78 is 7.42. The van der Waals surface area contributed by atoms with E-state index in [2.05, 4.69) is 17.2 Å². The number of nitrogens with one attached hydrogen (secondary N) is 1. The van der Waals surface area contributed by atoms with Gasteiger partial charge in [0, 0.05) is 24.5 Å². The van der Waals surface area contributed by atoms with E-state index >= 15 is 0 Å². The number of hydrogen-bond acceptors (Lipinski definition) is 4. The van der Waals surface area contributed by atoms with Crippen molar-refractivity contribution in [3.05, 3.63) is 58.3 Å². The SMILES string of the molecule is CCNCc1nc(C)ccc1OCCn1ccccc1=O. The number of rotatable bonds is 7. The van der Waals surface area contributed by atoms with Crippen molar-refractivity contribution in [3.63, 3.8) is 0 Å². The minimum Gasteiger partial charge on any atom is -0.490 e. The summed E-state index contributed by atoms with van der Waals surface area (Å²) in [6.07, 6.45) is 1.76. The monoisotopic (exact) mass is 287 g/mol. The van der Waals surface area contributed by atoms with Crippen molar-refractivity contribution in [1.82, 2.24) is 14.9 Å². The van der Waals surface area contributed by atoms with E-state index in [1.807, 2.05) is 25.1 Å². The van der Waals surface area contributed by atoms with Crippen molar-refractivity contribution in [1.29, 1.82) is 0 Å². The van der Waals surface area contributed by atoms with Crippen LogP contribution in [0.2, 0.25) is 0 Å². The highest BCUT2D eigenvalue weighted by Crippen LogP contribution is 2.16. The molecular weight excluding hydrogens is 266 g/mol. The van der Waals surface area contributed by atoms with Gasteiger partial charge in [-0.2, -0.15) is 0 Å². The van der Waals surface area contributed by atoms with Crippen molar-refractivity contribution in [2.24, 2.45) is 0 Å². The van der Waals surface area contributed by atoms with Crippen LogP contribution < -0.4 is 15.6 Å². The van der Waals surface area contributed by atoms with E-state index in [9.17, 15) is 4.79 Å². The third kappa shape index (κ3) is 4.43. The summed E-state index contributed by atoms with van der Waals surface area (Å²) >= 11 is 0.